The second kappa shape index (κ2) is 8.34. The predicted octanol–water partition coefficient (Wildman–Crippen LogP) is 3.56. The average Bonchev–Trinajstić information content (AvgIpc) is 2.56. The third kappa shape index (κ3) is 4.47. The van der Waals surface area contributed by atoms with E-state index in [0.717, 1.165) is 12.0 Å². The Morgan fingerprint density at radius 2 is 2.00 bits per heavy atom. The number of ether oxygens (including phenoxy) is 1. The van der Waals surface area contributed by atoms with Gasteiger partial charge in [-0.25, -0.2) is 9.59 Å². The minimum absolute atomic E-state index is 0.209. The van der Waals surface area contributed by atoms with Crippen LogP contribution in [-0.4, -0.2) is 30.1 Å². The number of carbonyl (C=O) groups is 2. The molecule has 5 heteroatoms. The molecule has 2 amide bonds. The van der Waals surface area contributed by atoms with Crippen LogP contribution in [0, 0.1) is 0 Å². The predicted molar refractivity (Wildman–Crippen MR) is 93.2 cm³/mol. The first-order chi connectivity index (χ1) is 11.5. The highest BCUT2D eigenvalue weighted by molar-refractivity contribution is 5.93. The molecule has 1 aliphatic rings. The number of benzene rings is 1. The van der Waals surface area contributed by atoms with Crippen molar-refractivity contribution in [2.75, 3.05) is 13.2 Å². The molecule has 128 valence electrons. The second-order valence-corrected chi connectivity index (χ2v) is 5.86. The fourth-order valence-corrected chi connectivity index (χ4v) is 2.54. The Balaban J connectivity index is 2.28. The summed E-state index contributed by atoms with van der Waals surface area (Å²) in [6.45, 7) is 6.61. The number of hydrogen-bond acceptors (Lipinski definition) is 3. The smallest absolute Gasteiger partial charge is 0.337 e. The van der Waals surface area contributed by atoms with Crippen LogP contribution in [0.5, 0.6) is 0 Å². The minimum Gasteiger partial charge on any atom is -0.463 e. The van der Waals surface area contributed by atoms with Gasteiger partial charge in [0.2, 0.25) is 0 Å². The summed E-state index contributed by atoms with van der Waals surface area (Å²) < 4.78 is 5.16. The number of amides is 2. The summed E-state index contributed by atoms with van der Waals surface area (Å²) in [6, 6.07) is 8.73. The van der Waals surface area contributed by atoms with E-state index in [0.29, 0.717) is 18.7 Å². The lowest BCUT2D eigenvalue weighted by Crippen LogP contribution is -2.45. The van der Waals surface area contributed by atoms with E-state index in [9.17, 15) is 9.59 Å². The van der Waals surface area contributed by atoms with Crippen LogP contribution in [0.2, 0.25) is 0 Å². The molecule has 0 spiro atoms. The lowest BCUT2D eigenvalue weighted by atomic mass is 9.98. The van der Waals surface area contributed by atoms with Gasteiger partial charge in [-0.2, -0.15) is 0 Å². The summed E-state index contributed by atoms with van der Waals surface area (Å²) in [5, 5.41) is 2.91. The summed E-state index contributed by atoms with van der Waals surface area (Å²) >= 11 is 0. The van der Waals surface area contributed by atoms with Gasteiger partial charge in [-0.1, -0.05) is 42.0 Å². The second-order valence-electron chi connectivity index (χ2n) is 5.86. The molecule has 0 aromatic heterocycles. The number of rotatable bonds is 6. The fourth-order valence-electron chi connectivity index (χ4n) is 2.54. The maximum Gasteiger partial charge on any atom is 0.337 e. The molecule has 0 saturated carbocycles. The van der Waals surface area contributed by atoms with E-state index in [1.807, 2.05) is 44.2 Å². The SMILES string of the molecule is CCOC(=O)C1=CN(CCC=C(C)C)C(=O)NC1c1ccccc1. The van der Waals surface area contributed by atoms with Gasteiger partial charge in [-0.15, -0.1) is 0 Å². The molecule has 5 nitrogen and oxygen atoms in total. The molecule has 0 radical (unpaired) electrons. The van der Waals surface area contributed by atoms with E-state index < -0.39 is 12.0 Å². The number of nitrogens with one attached hydrogen (secondary N) is 1. The molecule has 1 heterocycles. The van der Waals surface area contributed by atoms with Crippen molar-refractivity contribution in [3.05, 3.63) is 59.3 Å². The zero-order valence-corrected chi connectivity index (χ0v) is 14.4. The third-order valence-electron chi connectivity index (χ3n) is 3.70. The molecule has 1 aromatic rings. The molecule has 1 aromatic carbocycles. The van der Waals surface area contributed by atoms with Crippen molar-refractivity contribution in [3.8, 4) is 0 Å². The Kier molecular flexibility index (Phi) is 6.18. The van der Waals surface area contributed by atoms with Gasteiger partial charge >= 0.3 is 12.0 Å². The van der Waals surface area contributed by atoms with Crippen LogP contribution in [0.1, 0.15) is 38.8 Å². The van der Waals surface area contributed by atoms with Crippen LogP contribution < -0.4 is 5.32 Å². The van der Waals surface area contributed by atoms with Crippen molar-refractivity contribution in [1.29, 1.82) is 0 Å². The molecule has 0 bridgehead atoms. The van der Waals surface area contributed by atoms with Crippen LogP contribution in [0.4, 0.5) is 4.79 Å². The quantitative estimate of drug-likeness (QED) is 0.642. The number of urea groups is 1. The van der Waals surface area contributed by atoms with E-state index in [1.54, 1.807) is 13.1 Å². The maximum atomic E-state index is 12.4. The fraction of sp³-hybridized carbons (Fsp3) is 0.368. The Morgan fingerprint density at radius 1 is 1.29 bits per heavy atom. The molecule has 1 aliphatic heterocycles. The molecular formula is C19H24N2O3. The summed E-state index contributed by atoms with van der Waals surface area (Å²) in [5.41, 5.74) is 2.50. The van der Waals surface area contributed by atoms with Gasteiger partial charge in [-0.3, -0.25) is 0 Å². The van der Waals surface area contributed by atoms with Crippen molar-refractivity contribution in [2.24, 2.45) is 0 Å². The highest BCUT2D eigenvalue weighted by Gasteiger charge is 2.32. The molecule has 0 saturated heterocycles. The standard InChI is InChI=1S/C19H24N2O3/c1-4-24-18(22)16-13-21(12-8-9-14(2)3)19(23)20-17(16)15-10-6-5-7-11-15/h5-7,9-11,13,17H,4,8,12H2,1-3H3,(H,20,23). The van der Waals surface area contributed by atoms with Gasteiger partial charge in [0.15, 0.2) is 0 Å². The first kappa shape index (κ1) is 17.8. The number of esters is 1. The Hall–Kier alpha value is -2.56. The van der Waals surface area contributed by atoms with E-state index in [2.05, 4.69) is 11.4 Å². The average molecular weight is 328 g/mol. The zero-order valence-electron chi connectivity index (χ0n) is 14.4. The van der Waals surface area contributed by atoms with Gasteiger partial charge in [0, 0.05) is 12.7 Å². The molecule has 1 atom stereocenters. The van der Waals surface area contributed by atoms with Crippen molar-refractivity contribution in [3.63, 3.8) is 0 Å². The highest BCUT2D eigenvalue weighted by Crippen LogP contribution is 2.27. The van der Waals surface area contributed by atoms with Gasteiger partial charge in [0.25, 0.3) is 0 Å². The lowest BCUT2D eigenvalue weighted by Gasteiger charge is -2.31. The van der Waals surface area contributed by atoms with Crippen LogP contribution >= 0.6 is 0 Å². The molecule has 24 heavy (non-hydrogen) atoms. The zero-order chi connectivity index (χ0) is 17.5. The normalized spacial score (nSPS) is 17.0. The number of nitrogens with zero attached hydrogens (tertiary/aromatic N) is 1. The van der Waals surface area contributed by atoms with Gasteiger partial charge in [0.1, 0.15) is 0 Å². The van der Waals surface area contributed by atoms with Crippen LogP contribution in [0.3, 0.4) is 0 Å². The van der Waals surface area contributed by atoms with E-state index in [1.165, 1.54) is 10.5 Å². The number of carbonyl (C=O) groups excluding carboxylic acids is 2. The number of hydrogen-bond donors (Lipinski definition) is 1. The molecule has 1 N–H and O–H groups in total. The minimum atomic E-state index is -0.488. The van der Waals surface area contributed by atoms with Gasteiger partial charge in [0.05, 0.1) is 18.2 Å². The van der Waals surface area contributed by atoms with Crippen molar-refractivity contribution in [1.82, 2.24) is 10.2 Å². The summed E-state index contributed by atoms with van der Waals surface area (Å²) in [7, 11) is 0. The summed E-state index contributed by atoms with van der Waals surface area (Å²) in [6.07, 6.45) is 4.42. The topological polar surface area (TPSA) is 58.6 Å². The van der Waals surface area contributed by atoms with Crippen molar-refractivity contribution in [2.45, 2.75) is 33.2 Å². The van der Waals surface area contributed by atoms with Gasteiger partial charge < -0.3 is 15.0 Å². The van der Waals surface area contributed by atoms with Crippen LogP contribution in [0.25, 0.3) is 0 Å². The number of allylic oxidation sites excluding steroid dienone is 1. The van der Waals surface area contributed by atoms with Crippen LogP contribution in [0.15, 0.2) is 53.8 Å². The van der Waals surface area contributed by atoms with Gasteiger partial charge in [-0.05, 0) is 32.8 Å². The van der Waals surface area contributed by atoms with E-state index in [4.69, 9.17) is 4.74 Å². The molecule has 1 unspecified atom stereocenters. The Labute approximate surface area is 143 Å². The maximum absolute atomic E-state index is 12.4. The first-order valence-corrected chi connectivity index (χ1v) is 8.17. The highest BCUT2D eigenvalue weighted by atomic mass is 16.5. The molecule has 0 fully saturated rings. The van der Waals surface area contributed by atoms with E-state index >= 15 is 0 Å². The van der Waals surface area contributed by atoms with Crippen molar-refractivity contribution < 1.29 is 14.3 Å². The largest absolute Gasteiger partial charge is 0.463 e. The lowest BCUT2D eigenvalue weighted by molar-refractivity contribution is -0.139. The summed E-state index contributed by atoms with van der Waals surface area (Å²) in [4.78, 5) is 26.2. The van der Waals surface area contributed by atoms with E-state index in [-0.39, 0.29) is 6.03 Å². The Bertz CT molecular complexity index is 646. The van der Waals surface area contributed by atoms with Crippen molar-refractivity contribution >= 4 is 12.0 Å². The monoisotopic (exact) mass is 328 g/mol. The molecule has 0 aliphatic carbocycles. The van der Waals surface area contributed by atoms with Crippen LogP contribution in [-0.2, 0) is 9.53 Å². The summed E-state index contributed by atoms with van der Waals surface area (Å²) in [5.74, 6) is -0.404. The first-order valence-electron chi connectivity index (χ1n) is 8.17. The molecular weight excluding hydrogens is 304 g/mol. The molecule has 2 rings (SSSR count). The Morgan fingerprint density at radius 3 is 2.62 bits per heavy atom. The third-order valence-corrected chi connectivity index (χ3v) is 3.70.